The minimum atomic E-state index is -3.02. The fourth-order valence-electron chi connectivity index (χ4n) is 2.35. The molecule has 1 aliphatic rings. The Kier molecular flexibility index (Phi) is 3.35. The summed E-state index contributed by atoms with van der Waals surface area (Å²) < 4.78 is 24.7. The molecule has 0 bridgehead atoms. The zero-order valence-corrected chi connectivity index (χ0v) is 9.39. The summed E-state index contributed by atoms with van der Waals surface area (Å²) in [5.41, 5.74) is 0. The van der Waals surface area contributed by atoms with Crippen LogP contribution in [-0.4, -0.2) is 20.7 Å². The van der Waals surface area contributed by atoms with Crippen LogP contribution in [0.2, 0.25) is 0 Å². The first-order chi connectivity index (χ1) is 5.87. The first-order valence-corrected chi connectivity index (χ1v) is 6.73. The molecule has 0 aromatic rings. The largest absolute Gasteiger partial charge is 0.213 e. The molecule has 1 N–H and O–H groups in total. The van der Waals surface area contributed by atoms with E-state index >= 15 is 0 Å². The van der Waals surface area contributed by atoms with Crippen LogP contribution < -0.4 is 4.72 Å². The number of rotatable bonds is 2. The van der Waals surface area contributed by atoms with E-state index in [1.54, 1.807) is 0 Å². The quantitative estimate of drug-likeness (QED) is 0.740. The zero-order chi connectivity index (χ0) is 10.1. The lowest BCUT2D eigenvalue weighted by Crippen LogP contribution is -2.39. The highest BCUT2D eigenvalue weighted by Gasteiger charge is 2.25. The SMILES string of the molecule is CC1CC(C)CC(NS(C)(=O)=O)C1. The molecule has 2 atom stereocenters. The molecule has 78 valence electrons. The third-order valence-electron chi connectivity index (χ3n) is 2.56. The van der Waals surface area contributed by atoms with Gasteiger partial charge < -0.3 is 0 Å². The van der Waals surface area contributed by atoms with Crippen molar-refractivity contribution in [2.75, 3.05) is 6.26 Å². The summed E-state index contributed by atoms with van der Waals surface area (Å²) in [6.45, 7) is 4.37. The van der Waals surface area contributed by atoms with E-state index in [-0.39, 0.29) is 6.04 Å². The Balaban J connectivity index is 2.51. The Morgan fingerprint density at radius 1 is 1.08 bits per heavy atom. The van der Waals surface area contributed by atoms with Crippen molar-refractivity contribution in [3.05, 3.63) is 0 Å². The normalized spacial score (nSPS) is 36.1. The van der Waals surface area contributed by atoms with Crippen LogP contribution in [0.1, 0.15) is 33.1 Å². The molecule has 3 nitrogen and oxygen atoms in total. The van der Waals surface area contributed by atoms with Crippen LogP contribution in [0.5, 0.6) is 0 Å². The van der Waals surface area contributed by atoms with Crippen LogP contribution in [0.25, 0.3) is 0 Å². The van der Waals surface area contributed by atoms with E-state index in [4.69, 9.17) is 0 Å². The number of nitrogens with one attached hydrogen (secondary N) is 1. The zero-order valence-electron chi connectivity index (χ0n) is 8.58. The fourth-order valence-corrected chi connectivity index (χ4v) is 3.14. The van der Waals surface area contributed by atoms with Crippen LogP contribution in [0.4, 0.5) is 0 Å². The van der Waals surface area contributed by atoms with Crippen molar-refractivity contribution in [3.8, 4) is 0 Å². The van der Waals surface area contributed by atoms with Gasteiger partial charge in [-0.3, -0.25) is 0 Å². The second-order valence-corrected chi connectivity index (χ2v) is 6.28. The molecule has 1 rings (SSSR count). The van der Waals surface area contributed by atoms with Gasteiger partial charge in [0.2, 0.25) is 10.0 Å². The van der Waals surface area contributed by atoms with Gasteiger partial charge in [-0.05, 0) is 31.1 Å². The molecule has 1 saturated carbocycles. The van der Waals surface area contributed by atoms with Crippen LogP contribution in [0.3, 0.4) is 0 Å². The Hall–Kier alpha value is -0.0900. The van der Waals surface area contributed by atoms with E-state index in [2.05, 4.69) is 18.6 Å². The number of hydrogen-bond donors (Lipinski definition) is 1. The van der Waals surface area contributed by atoms with Gasteiger partial charge in [0.15, 0.2) is 0 Å². The monoisotopic (exact) mass is 205 g/mol. The Bertz CT molecular complexity index is 251. The maximum Gasteiger partial charge on any atom is 0.208 e. The van der Waals surface area contributed by atoms with E-state index in [0.29, 0.717) is 11.8 Å². The molecule has 2 unspecified atom stereocenters. The van der Waals surface area contributed by atoms with Crippen LogP contribution in [0.15, 0.2) is 0 Å². The third kappa shape index (κ3) is 4.09. The van der Waals surface area contributed by atoms with Crippen molar-refractivity contribution >= 4 is 10.0 Å². The maximum absolute atomic E-state index is 11.0. The van der Waals surface area contributed by atoms with E-state index in [1.807, 2.05) is 0 Å². The molecule has 0 saturated heterocycles. The van der Waals surface area contributed by atoms with Gasteiger partial charge in [-0.25, -0.2) is 13.1 Å². The smallest absolute Gasteiger partial charge is 0.208 e. The van der Waals surface area contributed by atoms with Gasteiger partial charge in [-0.2, -0.15) is 0 Å². The molecule has 0 amide bonds. The lowest BCUT2D eigenvalue weighted by atomic mass is 9.81. The van der Waals surface area contributed by atoms with Gasteiger partial charge in [0.1, 0.15) is 0 Å². The van der Waals surface area contributed by atoms with Gasteiger partial charge in [0.25, 0.3) is 0 Å². The van der Waals surface area contributed by atoms with E-state index in [9.17, 15) is 8.42 Å². The predicted octanol–water partition coefficient (Wildman–Crippen LogP) is 1.36. The minimum absolute atomic E-state index is 0.161. The van der Waals surface area contributed by atoms with Crippen molar-refractivity contribution < 1.29 is 8.42 Å². The van der Waals surface area contributed by atoms with Crippen LogP contribution in [-0.2, 0) is 10.0 Å². The molecule has 0 spiro atoms. The van der Waals surface area contributed by atoms with Crippen LogP contribution >= 0.6 is 0 Å². The lowest BCUT2D eigenvalue weighted by molar-refractivity contribution is 0.258. The summed E-state index contributed by atoms with van der Waals surface area (Å²) in [5, 5.41) is 0. The third-order valence-corrected chi connectivity index (χ3v) is 3.32. The van der Waals surface area contributed by atoms with Crippen molar-refractivity contribution in [1.82, 2.24) is 4.72 Å². The van der Waals surface area contributed by atoms with Gasteiger partial charge >= 0.3 is 0 Å². The minimum Gasteiger partial charge on any atom is -0.213 e. The Labute approximate surface area is 81.0 Å². The average molecular weight is 205 g/mol. The second-order valence-electron chi connectivity index (χ2n) is 4.50. The van der Waals surface area contributed by atoms with Crippen LogP contribution in [0, 0.1) is 11.8 Å². The summed E-state index contributed by atoms with van der Waals surface area (Å²) in [6, 6.07) is 0.161. The lowest BCUT2D eigenvalue weighted by Gasteiger charge is -2.31. The molecular weight excluding hydrogens is 186 g/mol. The fraction of sp³-hybridized carbons (Fsp3) is 1.00. The topological polar surface area (TPSA) is 46.2 Å². The highest BCUT2D eigenvalue weighted by molar-refractivity contribution is 7.88. The maximum atomic E-state index is 11.0. The molecule has 0 aromatic heterocycles. The molecular formula is C9H19NO2S. The van der Waals surface area contributed by atoms with Crippen molar-refractivity contribution in [1.29, 1.82) is 0 Å². The summed E-state index contributed by atoms with van der Waals surface area (Å²) in [6.07, 6.45) is 4.42. The standard InChI is InChI=1S/C9H19NO2S/c1-7-4-8(2)6-9(5-7)10-13(3,11)12/h7-10H,4-6H2,1-3H3. The van der Waals surface area contributed by atoms with Crippen molar-refractivity contribution in [3.63, 3.8) is 0 Å². The van der Waals surface area contributed by atoms with E-state index < -0.39 is 10.0 Å². The first-order valence-electron chi connectivity index (χ1n) is 4.84. The molecule has 0 heterocycles. The van der Waals surface area contributed by atoms with Gasteiger partial charge in [0.05, 0.1) is 6.26 Å². The first kappa shape index (κ1) is 11.0. The molecule has 1 aliphatic carbocycles. The summed E-state index contributed by atoms with van der Waals surface area (Å²) >= 11 is 0. The molecule has 13 heavy (non-hydrogen) atoms. The second kappa shape index (κ2) is 3.96. The Morgan fingerprint density at radius 2 is 1.54 bits per heavy atom. The van der Waals surface area contributed by atoms with Gasteiger partial charge in [0, 0.05) is 6.04 Å². The highest BCUT2D eigenvalue weighted by Crippen LogP contribution is 2.28. The molecule has 1 fully saturated rings. The van der Waals surface area contributed by atoms with E-state index in [1.165, 1.54) is 12.7 Å². The summed E-state index contributed by atoms with van der Waals surface area (Å²) in [4.78, 5) is 0. The highest BCUT2D eigenvalue weighted by atomic mass is 32.2. The predicted molar refractivity (Wildman–Crippen MR) is 53.9 cm³/mol. The molecule has 0 radical (unpaired) electrons. The Morgan fingerprint density at radius 3 is 1.92 bits per heavy atom. The molecule has 4 heteroatoms. The average Bonchev–Trinajstić information content (AvgIpc) is 1.78. The van der Waals surface area contributed by atoms with Gasteiger partial charge in [-0.1, -0.05) is 13.8 Å². The van der Waals surface area contributed by atoms with Crippen molar-refractivity contribution in [2.24, 2.45) is 11.8 Å². The number of hydrogen-bond acceptors (Lipinski definition) is 2. The molecule has 0 aromatic carbocycles. The number of sulfonamides is 1. The van der Waals surface area contributed by atoms with E-state index in [0.717, 1.165) is 12.8 Å². The summed E-state index contributed by atoms with van der Waals surface area (Å²) in [7, 11) is -3.02. The van der Waals surface area contributed by atoms with Gasteiger partial charge in [-0.15, -0.1) is 0 Å². The summed E-state index contributed by atoms with van der Waals surface area (Å²) in [5.74, 6) is 1.28. The van der Waals surface area contributed by atoms with Crippen molar-refractivity contribution in [2.45, 2.75) is 39.2 Å². The molecule has 0 aliphatic heterocycles.